The van der Waals surface area contributed by atoms with Crippen LogP contribution in [0.15, 0.2) is 28.8 Å². The number of Topliss-reactive ketones (excluding diaryl/α,β-unsaturated/α-hetero) is 1. The molecule has 0 saturated heterocycles. The van der Waals surface area contributed by atoms with Crippen LogP contribution in [-0.4, -0.2) is 15.9 Å². The molecule has 100 valence electrons. The molecule has 0 aliphatic rings. The van der Waals surface area contributed by atoms with Crippen LogP contribution >= 0.6 is 0 Å². The summed E-state index contributed by atoms with van der Waals surface area (Å²) in [5.74, 6) is 1.19. The summed E-state index contributed by atoms with van der Waals surface area (Å²) in [6.07, 6.45) is 2.29. The summed E-state index contributed by atoms with van der Waals surface area (Å²) in [5.41, 5.74) is 2.35. The third kappa shape index (κ3) is 4.02. The highest BCUT2D eigenvalue weighted by Crippen LogP contribution is 2.10. The van der Waals surface area contributed by atoms with Crippen LogP contribution in [-0.2, 0) is 17.6 Å². The Morgan fingerprint density at radius 2 is 2.21 bits per heavy atom. The average molecular weight is 258 g/mol. The molecule has 0 aliphatic heterocycles. The Balaban J connectivity index is 1.99. The van der Waals surface area contributed by atoms with Crippen molar-refractivity contribution in [2.45, 2.75) is 39.5 Å². The van der Waals surface area contributed by atoms with Gasteiger partial charge >= 0.3 is 0 Å². The number of aromatic nitrogens is 2. The molecule has 0 N–H and O–H groups in total. The number of carbonyl (C=O) groups excluding carboxylic acids is 1. The predicted octanol–water partition coefficient (Wildman–Crippen LogP) is 2.88. The topological polar surface area (TPSA) is 56.0 Å². The number of carbonyl (C=O) groups is 1. The summed E-state index contributed by atoms with van der Waals surface area (Å²) in [6, 6.07) is 8.19. The molecule has 1 heterocycles. The van der Waals surface area contributed by atoms with Gasteiger partial charge in [-0.25, -0.2) is 0 Å². The van der Waals surface area contributed by atoms with Crippen molar-refractivity contribution in [2.75, 3.05) is 0 Å². The van der Waals surface area contributed by atoms with E-state index in [0.29, 0.717) is 24.6 Å². The molecular formula is C15H18N2O2. The van der Waals surface area contributed by atoms with Crippen LogP contribution in [0.1, 0.15) is 42.6 Å². The first-order valence-electron chi connectivity index (χ1n) is 6.56. The summed E-state index contributed by atoms with van der Waals surface area (Å²) in [5, 5.41) is 3.92. The number of hydrogen-bond donors (Lipinski definition) is 0. The molecule has 4 heteroatoms. The van der Waals surface area contributed by atoms with E-state index in [1.54, 1.807) is 0 Å². The molecule has 0 atom stereocenters. The van der Waals surface area contributed by atoms with E-state index >= 15 is 0 Å². The maximum Gasteiger partial charge on any atom is 0.234 e. The number of aryl methyl sites for hydroxylation is 1. The van der Waals surface area contributed by atoms with Crippen LogP contribution in [0.5, 0.6) is 0 Å². The minimum Gasteiger partial charge on any atom is -0.339 e. The molecule has 0 saturated carbocycles. The van der Waals surface area contributed by atoms with Gasteiger partial charge in [0.2, 0.25) is 5.89 Å². The third-order valence-corrected chi connectivity index (χ3v) is 2.83. The Bertz CT molecular complexity index is 561. The van der Waals surface area contributed by atoms with Gasteiger partial charge in [-0.3, -0.25) is 4.79 Å². The monoisotopic (exact) mass is 258 g/mol. The fourth-order valence-corrected chi connectivity index (χ4v) is 1.97. The molecule has 1 aromatic heterocycles. The third-order valence-electron chi connectivity index (χ3n) is 2.83. The van der Waals surface area contributed by atoms with Crippen LogP contribution in [0.2, 0.25) is 0 Å². The van der Waals surface area contributed by atoms with Crippen LogP contribution in [0.25, 0.3) is 0 Å². The van der Waals surface area contributed by atoms with E-state index in [1.807, 2.05) is 19.1 Å². The van der Waals surface area contributed by atoms with E-state index in [4.69, 9.17) is 4.52 Å². The summed E-state index contributed by atoms with van der Waals surface area (Å²) < 4.78 is 5.10. The Hall–Kier alpha value is -1.97. The van der Waals surface area contributed by atoms with Gasteiger partial charge in [0.05, 0.1) is 6.42 Å². The SMILES string of the molecule is CCCC(=O)Cc1nc(Cc2cccc(C)c2)no1. The van der Waals surface area contributed by atoms with Gasteiger partial charge < -0.3 is 4.52 Å². The highest BCUT2D eigenvalue weighted by Gasteiger charge is 2.11. The Morgan fingerprint density at radius 3 is 2.95 bits per heavy atom. The molecule has 0 bridgehead atoms. The molecule has 0 aliphatic carbocycles. The standard InChI is InChI=1S/C15H18N2O2/c1-3-5-13(18)10-15-16-14(17-19-15)9-12-7-4-6-11(2)8-12/h4,6-8H,3,5,9-10H2,1-2H3. The maximum absolute atomic E-state index is 11.5. The predicted molar refractivity (Wildman–Crippen MR) is 71.9 cm³/mol. The van der Waals surface area contributed by atoms with Crippen molar-refractivity contribution in [3.05, 3.63) is 47.1 Å². The molecule has 2 rings (SSSR count). The summed E-state index contributed by atoms with van der Waals surface area (Å²) in [7, 11) is 0. The number of rotatable bonds is 6. The highest BCUT2D eigenvalue weighted by molar-refractivity contribution is 5.79. The van der Waals surface area contributed by atoms with Crippen molar-refractivity contribution in [2.24, 2.45) is 0 Å². The Kier molecular flexibility index (Phi) is 4.44. The number of ketones is 1. The van der Waals surface area contributed by atoms with Gasteiger partial charge in [-0.2, -0.15) is 4.98 Å². The molecule has 2 aromatic rings. The summed E-state index contributed by atoms with van der Waals surface area (Å²) in [6.45, 7) is 4.03. The van der Waals surface area contributed by atoms with E-state index in [1.165, 1.54) is 5.56 Å². The van der Waals surface area contributed by atoms with E-state index in [0.717, 1.165) is 12.0 Å². The maximum atomic E-state index is 11.5. The lowest BCUT2D eigenvalue weighted by Gasteiger charge is -1.97. The quantitative estimate of drug-likeness (QED) is 0.799. The molecule has 0 unspecified atom stereocenters. The van der Waals surface area contributed by atoms with Gasteiger partial charge in [-0.15, -0.1) is 0 Å². The summed E-state index contributed by atoms with van der Waals surface area (Å²) in [4.78, 5) is 15.8. The van der Waals surface area contributed by atoms with Gasteiger partial charge in [-0.1, -0.05) is 41.9 Å². The van der Waals surface area contributed by atoms with E-state index in [9.17, 15) is 4.79 Å². The van der Waals surface area contributed by atoms with Crippen molar-refractivity contribution < 1.29 is 9.32 Å². The first-order chi connectivity index (χ1) is 9.17. The second-order valence-electron chi connectivity index (χ2n) is 4.74. The van der Waals surface area contributed by atoms with Gasteiger partial charge in [0, 0.05) is 12.8 Å². The van der Waals surface area contributed by atoms with Crippen molar-refractivity contribution in [1.29, 1.82) is 0 Å². The fraction of sp³-hybridized carbons (Fsp3) is 0.400. The molecule has 4 nitrogen and oxygen atoms in total. The lowest BCUT2D eigenvalue weighted by atomic mass is 10.1. The zero-order chi connectivity index (χ0) is 13.7. The van der Waals surface area contributed by atoms with E-state index in [2.05, 4.69) is 29.2 Å². The molecule has 1 aromatic carbocycles. The van der Waals surface area contributed by atoms with Crippen LogP contribution in [0.4, 0.5) is 0 Å². The lowest BCUT2D eigenvalue weighted by molar-refractivity contribution is -0.118. The molecule has 0 fully saturated rings. The minimum atomic E-state index is 0.147. The summed E-state index contributed by atoms with van der Waals surface area (Å²) >= 11 is 0. The molecule has 0 spiro atoms. The van der Waals surface area contributed by atoms with Crippen molar-refractivity contribution in [1.82, 2.24) is 10.1 Å². The Morgan fingerprint density at radius 1 is 1.37 bits per heavy atom. The van der Waals surface area contributed by atoms with Crippen LogP contribution < -0.4 is 0 Å². The first-order valence-corrected chi connectivity index (χ1v) is 6.56. The molecule has 19 heavy (non-hydrogen) atoms. The van der Waals surface area contributed by atoms with E-state index in [-0.39, 0.29) is 12.2 Å². The lowest BCUT2D eigenvalue weighted by Crippen LogP contribution is -2.02. The van der Waals surface area contributed by atoms with Gasteiger partial charge in [0.25, 0.3) is 0 Å². The fourth-order valence-electron chi connectivity index (χ4n) is 1.97. The van der Waals surface area contributed by atoms with Crippen LogP contribution in [0.3, 0.4) is 0 Å². The number of benzene rings is 1. The Labute approximate surface area is 112 Å². The second kappa shape index (κ2) is 6.27. The van der Waals surface area contributed by atoms with Crippen molar-refractivity contribution in [3.8, 4) is 0 Å². The van der Waals surface area contributed by atoms with Crippen molar-refractivity contribution >= 4 is 5.78 Å². The molecule has 0 amide bonds. The zero-order valence-electron chi connectivity index (χ0n) is 11.3. The molecular weight excluding hydrogens is 240 g/mol. The van der Waals surface area contributed by atoms with Crippen LogP contribution in [0, 0.1) is 6.92 Å². The van der Waals surface area contributed by atoms with Gasteiger partial charge in [-0.05, 0) is 18.9 Å². The smallest absolute Gasteiger partial charge is 0.234 e. The normalized spacial score (nSPS) is 10.6. The van der Waals surface area contributed by atoms with Crippen molar-refractivity contribution in [3.63, 3.8) is 0 Å². The largest absolute Gasteiger partial charge is 0.339 e. The van der Waals surface area contributed by atoms with Gasteiger partial charge in [0.1, 0.15) is 5.78 Å². The first kappa shape index (κ1) is 13.5. The minimum absolute atomic E-state index is 0.147. The highest BCUT2D eigenvalue weighted by atomic mass is 16.5. The molecule has 0 radical (unpaired) electrons. The van der Waals surface area contributed by atoms with E-state index < -0.39 is 0 Å². The van der Waals surface area contributed by atoms with Gasteiger partial charge in [0.15, 0.2) is 5.82 Å². The average Bonchev–Trinajstić information content (AvgIpc) is 2.76. The number of nitrogens with zero attached hydrogens (tertiary/aromatic N) is 2. The second-order valence-corrected chi connectivity index (χ2v) is 4.74. The number of hydrogen-bond acceptors (Lipinski definition) is 4. The zero-order valence-corrected chi connectivity index (χ0v) is 11.3.